The van der Waals surface area contributed by atoms with Crippen LogP contribution in [0.25, 0.3) is 0 Å². The van der Waals surface area contributed by atoms with Gasteiger partial charge in [0.1, 0.15) is 0 Å². The predicted molar refractivity (Wildman–Crippen MR) is 86.9 cm³/mol. The van der Waals surface area contributed by atoms with Crippen LogP contribution >= 0.6 is 0 Å². The van der Waals surface area contributed by atoms with Gasteiger partial charge in [-0.25, -0.2) is 0 Å². The predicted octanol–water partition coefficient (Wildman–Crippen LogP) is 2.73. The minimum Gasteiger partial charge on any atom is -0.298 e. The van der Waals surface area contributed by atoms with Crippen molar-refractivity contribution in [1.29, 1.82) is 0 Å². The minimum atomic E-state index is 0.637. The van der Waals surface area contributed by atoms with Crippen molar-refractivity contribution in [2.45, 2.75) is 59.7 Å². The third-order valence-corrected chi connectivity index (χ3v) is 5.65. The van der Waals surface area contributed by atoms with Gasteiger partial charge in [0.15, 0.2) is 0 Å². The Kier molecular flexibility index (Phi) is 5.88. The topological polar surface area (TPSA) is 9.72 Å². The molecular weight excluding hydrogens is 246 g/mol. The first-order valence-corrected chi connectivity index (χ1v) is 8.71. The SMILES string of the molecule is CC(C)C1CCN(C(C)N2CCN(C(C)C)CC2)CC1. The van der Waals surface area contributed by atoms with E-state index in [0.717, 1.165) is 11.8 Å². The van der Waals surface area contributed by atoms with Crippen molar-refractivity contribution in [3.05, 3.63) is 0 Å². The Labute approximate surface area is 126 Å². The first-order valence-electron chi connectivity index (χ1n) is 8.71. The van der Waals surface area contributed by atoms with Crippen molar-refractivity contribution in [2.75, 3.05) is 39.3 Å². The van der Waals surface area contributed by atoms with Gasteiger partial charge < -0.3 is 0 Å². The number of piperidine rings is 1. The zero-order chi connectivity index (χ0) is 14.7. The molecule has 1 unspecified atom stereocenters. The van der Waals surface area contributed by atoms with Crippen molar-refractivity contribution >= 4 is 0 Å². The third kappa shape index (κ3) is 3.96. The summed E-state index contributed by atoms with van der Waals surface area (Å²) in [5.41, 5.74) is 0. The van der Waals surface area contributed by atoms with Crippen LogP contribution in [0.5, 0.6) is 0 Å². The summed E-state index contributed by atoms with van der Waals surface area (Å²) in [5, 5.41) is 0. The molecule has 0 aromatic carbocycles. The summed E-state index contributed by atoms with van der Waals surface area (Å²) >= 11 is 0. The maximum Gasteiger partial charge on any atom is 0.0594 e. The Bertz CT molecular complexity index is 246. The fourth-order valence-electron chi connectivity index (χ4n) is 3.82. The van der Waals surface area contributed by atoms with E-state index < -0.39 is 0 Å². The Hall–Kier alpha value is -0.120. The van der Waals surface area contributed by atoms with E-state index in [4.69, 9.17) is 0 Å². The lowest BCUT2D eigenvalue weighted by molar-refractivity contribution is -0.00770. The summed E-state index contributed by atoms with van der Waals surface area (Å²) in [6.07, 6.45) is 3.43. The van der Waals surface area contributed by atoms with Crippen molar-refractivity contribution in [3.8, 4) is 0 Å². The van der Waals surface area contributed by atoms with Gasteiger partial charge >= 0.3 is 0 Å². The van der Waals surface area contributed by atoms with Crippen LogP contribution in [0.3, 0.4) is 0 Å². The highest BCUT2D eigenvalue weighted by Crippen LogP contribution is 2.26. The minimum absolute atomic E-state index is 0.637. The summed E-state index contributed by atoms with van der Waals surface area (Å²) in [6, 6.07) is 0.703. The monoisotopic (exact) mass is 281 g/mol. The summed E-state index contributed by atoms with van der Waals surface area (Å²) in [4.78, 5) is 8.01. The van der Waals surface area contributed by atoms with E-state index >= 15 is 0 Å². The van der Waals surface area contributed by atoms with Crippen molar-refractivity contribution < 1.29 is 0 Å². The molecule has 2 aliphatic heterocycles. The number of hydrogen-bond donors (Lipinski definition) is 0. The highest BCUT2D eigenvalue weighted by Gasteiger charge is 2.29. The van der Waals surface area contributed by atoms with Gasteiger partial charge in [-0.2, -0.15) is 0 Å². The lowest BCUT2D eigenvalue weighted by Crippen LogP contribution is -2.57. The molecule has 0 bridgehead atoms. The molecule has 2 heterocycles. The highest BCUT2D eigenvalue weighted by molar-refractivity contribution is 4.82. The highest BCUT2D eigenvalue weighted by atomic mass is 15.4. The first-order chi connectivity index (χ1) is 9.49. The molecule has 20 heavy (non-hydrogen) atoms. The van der Waals surface area contributed by atoms with E-state index in [1.54, 1.807) is 0 Å². The molecule has 0 radical (unpaired) electrons. The number of rotatable bonds is 4. The summed E-state index contributed by atoms with van der Waals surface area (Å²) in [5.74, 6) is 1.82. The average Bonchev–Trinajstić information content (AvgIpc) is 2.46. The Morgan fingerprint density at radius 2 is 1.10 bits per heavy atom. The first kappa shape index (κ1) is 16.3. The Morgan fingerprint density at radius 1 is 0.650 bits per heavy atom. The second-order valence-electron chi connectivity index (χ2n) is 7.41. The van der Waals surface area contributed by atoms with E-state index in [0.29, 0.717) is 12.2 Å². The molecule has 0 spiro atoms. The van der Waals surface area contributed by atoms with Gasteiger partial charge in [0.25, 0.3) is 0 Å². The summed E-state index contributed by atoms with van der Waals surface area (Å²) in [7, 11) is 0. The number of piperazine rings is 1. The Balaban J connectivity index is 1.77. The molecule has 0 amide bonds. The van der Waals surface area contributed by atoms with Crippen LogP contribution in [-0.4, -0.2) is 66.2 Å². The molecule has 1 atom stereocenters. The maximum absolute atomic E-state index is 2.71. The van der Waals surface area contributed by atoms with Crippen LogP contribution in [0.1, 0.15) is 47.5 Å². The van der Waals surface area contributed by atoms with Crippen molar-refractivity contribution in [3.63, 3.8) is 0 Å². The van der Waals surface area contributed by atoms with Gasteiger partial charge in [0.2, 0.25) is 0 Å². The molecule has 118 valence electrons. The van der Waals surface area contributed by atoms with Crippen molar-refractivity contribution in [2.24, 2.45) is 11.8 Å². The molecular formula is C17H35N3. The van der Waals surface area contributed by atoms with E-state index in [1.807, 2.05) is 0 Å². The second-order valence-corrected chi connectivity index (χ2v) is 7.41. The van der Waals surface area contributed by atoms with Crippen LogP contribution in [0.2, 0.25) is 0 Å². The van der Waals surface area contributed by atoms with Crippen LogP contribution in [0.15, 0.2) is 0 Å². The molecule has 3 nitrogen and oxygen atoms in total. The van der Waals surface area contributed by atoms with E-state index in [-0.39, 0.29) is 0 Å². The normalized spacial score (nSPS) is 26.6. The van der Waals surface area contributed by atoms with Gasteiger partial charge in [-0.05, 0) is 58.5 Å². The van der Waals surface area contributed by atoms with Crippen LogP contribution in [-0.2, 0) is 0 Å². The number of hydrogen-bond acceptors (Lipinski definition) is 3. The largest absolute Gasteiger partial charge is 0.298 e. The van der Waals surface area contributed by atoms with Gasteiger partial charge in [-0.1, -0.05) is 13.8 Å². The number of likely N-dealkylation sites (tertiary alicyclic amines) is 1. The van der Waals surface area contributed by atoms with Crippen LogP contribution in [0.4, 0.5) is 0 Å². The average molecular weight is 281 g/mol. The molecule has 2 saturated heterocycles. The molecule has 3 heteroatoms. The maximum atomic E-state index is 2.71. The lowest BCUT2D eigenvalue weighted by Gasteiger charge is -2.45. The van der Waals surface area contributed by atoms with Crippen LogP contribution < -0.4 is 0 Å². The molecule has 0 aromatic heterocycles. The van der Waals surface area contributed by atoms with Gasteiger partial charge in [-0.3, -0.25) is 14.7 Å². The molecule has 2 fully saturated rings. The molecule has 0 saturated carbocycles. The smallest absolute Gasteiger partial charge is 0.0594 e. The second kappa shape index (κ2) is 7.24. The number of nitrogens with zero attached hydrogens (tertiary/aromatic N) is 3. The zero-order valence-corrected chi connectivity index (χ0v) is 14.3. The summed E-state index contributed by atoms with van der Waals surface area (Å²) < 4.78 is 0. The molecule has 0 aromatic rings. The molecule has 0 N–H and O–H groups in total. The van der Waals surface area contributed by atoms with Gasteiger partial charge in [0.05, 0.1) is 6.17 Å². The Morgan fingerprint density at radius 3 is 1.55 bits per heavy atom. The standard InChI is InChI=1S/C17H35N3/c1-14(2)17-6-8-19(9-7-17)16(5)20-12-10-18(11-13-20)15(3)4/h14-17H,6-13H2,1-5H3. The quantitative estimate of drug-likeness (QED) is 0.784. The summed E-state index contributed by atoms with van der Waals surface area (Å²) in [6.45, 7) is 19.4. The molecule has 2 rings (SSSR count). The fraction of sp³-hybridized carbons (Fsp3) is 1.00. The lowest BCUT2D eigenvalue weighted by atomic mass is 9.86. The third-order valence-electron chi connectivity index (χ3n) is 5.65. The van der Waals surface area contributed by atoms with Crippen molar-refractivity contribution in [1.82, 2.24) is 14.7 Å². The molecule has 2 aliphatic rings. The van der Waals surface area contributed by atoms with Gasteiger partial charge in [-0.15, -0.1) is 0 Å². The molecule has 0 aliphatic carbocycles. The fourth-order valence-corrected chi connectivity index (χ4v) is 3.82. The van der Waals surface area contributed by atoms with E-state index in [9.17, 15) is 0 Å². The van der Waals surface area contributed by atoms with E-state index in [1.165, 1.54) is 52.1 Å². The van der Waals surface area contributed by atoms with E-state index in [2.05, 4.69) is 49.3 Å². The van der Waals surface area contributed by atoms with Crippen LogP contribution in [0, 0.1) is 11.8 Å². The van der Waals surface area contributed by atoms with Gasteiger partial charge in [0, 0.05) is 32.2 Å². The zero-order valence-electron chi connectivity index (χ0n) is 14.3.